The van der Waals surface area contributed by atoms with E-state index in [0.717, 1.165) is 11.8 Å². The Morgan fingerprint density at radius 1 is 1.18 bits per heavy atom. The van der Waals surface area contributed by atoms with Crippen LogP contribution in [0.4, 0.5) is 0 Å². The molecule has 1 aliphatic heterocycles. The normalized spacial score (nSPS) is 20.5. The molecule has 1 nitrogen and oxygen atoms in total. The van der Waals surface area contributed by atoms with Crippen molar-refractivity contribution in [3.05, 3.63) is 0 Å². The molecule has 0 unspecified atom stereocenters. The fourth-order valence-electron chi connectivity index (χ4n) is 1.70. The zero-order valence-electron chi connectivity index (χ0n) is 7.11. The summed E-state index contributed by atoms with van der Waals surface area (Å²) in [5.74, 6) is 1.82. The fraction of sp³-hybridized carbons (Fsp3) is 1.00. The van der Waals surface area contributed by atoms with E-state index in [0.29, 0.717) is 0 Å². The predicted octanol–water partition coefficient (Wildman–Crippen LogP) is 2.40. The molecule has 1 rings (SSSR count). The Morgan fingerprint density at radius 3 is 2.55 bits per heavy atom. The SMILES string of the molecule is ClCCCCC1CCNCC1. The van der Waals surface area contributed by atoms with Gasteiger partial charge in [-0.05, 0) is 38.3 Å². The smallest absolute Gasteiger partial charge is 0.0223 e. The first kappa shape index (κ1) is 9.34. The first-order chi connectivity index (χ1) is 5.43. The lowest BCUT2D eigenvalue weighted by Gasteiger charge is -2.22. The van der Waals surface area contributed by atoms with Crippen molar-refractivity contribution in [1.29, 1.82) is 0 Å². The van der Waals surface area contributed by atoms with Gasteiger partial charge in [0.15, 0.2) is 0 Å². The molecule has 1 saturated heterocycles. The molecule has 0 atom stereocenters. The number of piperidine rings is 1. The summed E-state index contributed by atoms with van der Waals surface area (Å²) in [6.07, 6.45) is 6.68. The van der Waals surface area contributed by atoms with Crippen molar-refractivity contribution in [1.82, 2.24) is 5.32 Å². The number of halogens is 1. The third-order valence-electron chi connectivity index (χ3n) is 2.45. The average molecular weight is 176 g/mol. The van der Waals surface area contributed by atoms with Gasteiger partial charge >= 0.3 is 0 Å². The number of nitrogens with one attached hydrogen (secondary N) is 1. The second kappa shape index (κ2) is 5.84. The van der Waals surface area contributed by atoms with Gasteiger partial charge in [0.2, 0.25) is 0 Å². The molecule has 0 amide bonds. The lowest BCUT2D eigenvalue weighted by Crippen LogP contribution is -2.27. The van der Waals surface area contributed by atoms with E-state index in [9.17, 15) is 0 Å². The van der Waals surface area contributed by atoms with Crippen molar-refractivity contribution < 1.29 is 0 Å². The zero-order chi connectivity index (χ0) is 7.94. The van der Waals surface area contributed by atoms with Gasteiger partial charge in [0.25, 0.3) is 0 Å². The van der Waals surface area contributed by atoms with Crippen molar-refractivity contribution in [2.24, 2.45) is 5.92 Å². The number of alkyl halides is 1. The van der Waals surface area contributed by atoms with Crippen molar-refractivity contribution in [3.63, 3.8) is 0 Å². The summed E-state index contributed by atoms with van der Waals surface area (Å²) in [5, 5.41) is 3.38. The van der Waals surface area contributed by atoms with Gasteiger partial charge in [-0.25, -0.2) is 0 Å². The Labute approximate surface area is 74.5 Å². The number of unbranched alkanes of at least 4 members (excludes halogenated alkanes) is 1. The van der Waals surface area contributed by atoms with E-state index in [1.807, 2.05) is 0 Å². The summed E-state index contributed by atoms with van der Waals surface area (Å²) in [6, 6.07) is 0. The van der Waals surface area contributed by atoms with Crippen molar-refractivity contribution in [2.45, 2.75) is 32.1 Å². The summed E-state index contributed by atoms with van der Waals surface area (Å²) in [5.41, 5.74) is 0. The van der Waals surface area contributed by atoms with Crippen LogP contribution in [-0.4, -0.2) is 19.0 Å². The Morgan fingerprint density at radius 2 is 1.91 bits per heavy atom. The topological polar surface area (TPSA) is 12.0 Å². The van der Waals surface area contributed by atoms with Crippen LogP contribution in [0.25, 0.3) is 0 Å². The van der Waals surface area contributed by atoms with E-state index in [2.05, 4.69) is 5.32 Å². The minimum atomic E-state index is 0.838. The monoisotopic (exact) mass is 175 g/mol. The van der Waals surface area contributed by atoms with Gasteiger partial charge in [-0.3, -0.25) is 0 Å². The quantitative estimate of drug-likeness (QED) is 0.511. The standard InChI is InChI=1S/C9H18ClN/c10-6-2-1-3-9-4-7-11-8-5-9/h9,11H,1-8H2. The highest BCUT2D eigenvalue weighted by atomic mass is 35.5. The molecule has 0 aromatic rings. The van der Waals surface area contributed by atoms with Crippen LogP contribution >= 0.6 is 11.6 Å². The van der Waals surface area contributed by atoms with Crippen LogP contribution in [0.1, 0.15) is 32.1 Å². The molecule has 0 saturated carbocycles. The minimum Gasteiger partial charge on any atom is -0.317 e. The van der Waals surface area contributed by atoms with E-state index in [-0.39, 0.29) is 0 Å². The summed E-state index contributed by atoms with van der Waals surface area (Å²) in [6.45, 7) is 2.46. The van der Waals surface area contributed by atoms with Gasteiger partial charge < -0.3 is 5.32 Å². The molecule has 0 spiro atoms. The summed E-state index contributed by atoms with van der Waals surface area (Å²) >= 11 is 5.61. The van der Waals surface area contributed by atoms with Crippen LogP contribution in [0.5, 0.6) is 0 Å². The van der Waals surface area contributed by atoms with Gasteiger partial charge in [0, 0.05) is 5.88 Å². The molecule has 0 aromatic carbocycles. The Hall–Kier alpha value is 0.250. The molecule has 1 aliphatic rings. The molecule has 1 N–H and O–H groups in total. The van der Waals surface area contributed by atoms with Gasteiger partial charge in [0.05, 0.1) is 0 Å². The third kappa shape index (κ3) is 3.97. The van der Waals surface area contributed by atoms with E-state index < -0.39 is 0 Å². The largest absolute Gasteiger partial charge is 0.317 e. The highest BCUT2D eigenvalue weighted by Gasteiger charge is 2.11. The second-order valence-corrected chi connectivity index (χ2v) is 3.76. The van der Waals surface area contributed by atoms with E-state index in [1.165, 1.54) is 45.2 Å². The molecule has 0 aliphatic carbocycles. The van der Waals surface area contributed by atoms with Crippen molar-refractivity contribution >= 4 is 11.6 Å². The maximum absolute atomic E-state index is 5.61. The highest BCUT2D eigenvalue weighted by molar-refractivity contribution is 6.17. The molecule has 1 fully saturated rings. The zero-order valence-corrected chi connectivity index (χ0v) is 7.87. The van der Waals surface area contributed by atoms with E-state index in [4.69, 9.17) is 11.6 Å². The fourth-order valence-corrected chi connectivity index (χ4v) is 1.89. The lowest BCUT2D eigenvalue weighted by molar-refractivity contribution is 0.346. The highest BCUT2D eigenvalue weighted by Crippen LogP contribution is 2.18. The van der Waals surface area contributed by atoms with Crippen LogP contribution in [0.3, 0.4) is 0 Å². The number of hydrogen-bond donors (Lipinski definition) is 1. The molecule has 0 bridgehead atoms. The molecular weight excluding hydrogens is 158 g/mol. The van der Waals surface area contributed by atoms with Crippen LogP contribution in [0.2, 0.25) is 0 Å². The first-order valence-electron chi connectivity index (χ1n) is 4.70. The molecule has 66 valence electrons. The van der Waals surface area contributed by atoms with Gasteiger partial charge in [-0.15, -0.1) is 11.6 Å². The molecule has 2 heteroatoms. The first-order valence-corrected chi connectivity index (χ1v) is 5.23. The van der Waals surface area contributed by atoms with Gasteiger partial charge in [-0.1, -0.05) is 12.8 Å². The summed E-state index contributed by atoms with van der Waals surface area (Å²) in [4.78, 5) is 0. The van der Waals surface area contributed by atoms with Gasteiger partial charge in [0.1, 0.15) is 0 Å². The minimum absolute atomic E-state index is 0.838. The summed E-state index contributed by atoms with van der Waals surface area (Å²) in [7, 11) is 0. The Bertz CT molecular complexity index is 89.6. The summed E-state index contributed by atoms with van der Waals surface area (Å²) < 4.78 is 0. The number of rotatable bonds is 4. The Kier molecular flexibility index (Phi) is 4.96. The number of hydrogen-bond acceptors (Lipinski definition) is 1. The molecule has 0 aromatic heterocycles. The lowest BCUT2D eigenvalue weighted by atomic mass is 9.93. The predicted molar refractivity (Wildman–Crippen MR) is 50.2 cm³/mol. The average Bonchev–Trinajstić information content (AvgIpc) is 2.07. The van der Waals surface area contributed by atoms with Gasteiger partial charge in [-0.2, -0.15) is 0 Å². The molecule has 11 heavy (non-hydrogen) atoms. The van der Waals surface area contributed by atoms with E-state index >= 15 is 0 Å². The van der Waals surface area contributed by atoms with Crippen LogP contribution in [0.15, 0.2) is 0 Å². The van der Waals surface area contributed by atoms with Crippen LogP contribution in [-0.2, 0) is 0 Å². The molecule has 1 heterocycles. The van der Waals surface area contributed by atoms with E-state index in [1.54, 1.807) is 0 Å². The Balaban J connectivity index is 1.96. The maximum atomic E-state index is 5.61. The van der Waals surface area contributed by atoms with Crippen molar-refractivity contribution in [2.75, 3.05) is 19.0 Å². The molecular formula is C9H18ClN. The molecule has 0 radical (unpaired) electrons. The maximum Gasteiger partial charge on any atom is 0.0223 e. The second-order valence-electron chi connectivity index (χ2n) is 3.38. The van der Waals surface area contributed by atoms with Crippen LogP contribution < -0.4 is 5.32 Å². The van der Waals surface area contributed by atoms with Crippen LogP contribution in [0, 0.1) is 5.92 Å². The van der Waals surface area contributed by atoms with Crippen molar-refractivity contribution in [3.8, 4) is 0 Å². The third-order valence-corrected chi connectivity index (χ3v) is 2.72.